The first-order valence-electron chi connectivity index (χ1n) is 7.39. The van der Waals surface area contributed by atoms with Gasteiger partial charge in [-0.1, -0.05) is 0 Å². The quantitative estimate of drug-likeness (QED) is 0.835. The van der Waals surface area contributed by atoms with Crippen LogP contribution in [0.4, 0.5) is 4.79 Å². The number of carbonyl (C=O) groups excluding carboxylic acids is 1. The van der Waals surface area contributed by atoms with E-state index in [1.165, 1.54) is 13.4 Å². The molecule has 0 radical (unpaired) electrons. The van der Waals surface area contributed by atoms with E-state index in [4.69, 9.17) is 4.74 Å². The number of imidazole rings is 1. The summed E-state index contributed by atoms with van der Waals surface area (Å²) in [5.74, 6) is 0. The van der Waals surface area contributed by atoms with Gasteiger partial charge >= 0.3 is 6.09 Å². The van der Waals surface area contributed by atoms with Gasteiger partial charge in [0.05, 0.1) is 29.4 Å². The molecular weight excluding hydrogens is 318 g/mol. The van der Waals surface area contributed by atoms with Gasteiger partial charge in [0, 0.05) is 25.4 Å². The minimum atomic E-state index is -3.24. The molecule has 0 atom stereocenters. The lowest BCUT2D eigenvalue weighted by Gasteiger charge is -2.31. The summed E-state index contributed by atoms with van der Waals surface area (Å²) in [4.78, 5) is 17.8. The van der Waals surface area contributed by atoms with Crippen LogP contribution in [-0.2, 0) is 14.6 Å². The third-order valence-corrected chi connectivity index (χ3v) is 5.38. The molecule has 0 saturated carbocycles. The smallest absolute Gasteiger partial charge is 0.409 e. The number of sulfone groups is 1. The second-order valence-electron chi connectivity index (χ2n) is 5.76. The van der Waals surface area contributed by atoms with E-state index in [9.17, 15) is 13.2 Å². The van der Waals surface area contributed by atoms with Crippen molar-refractivity contribution in [2.75, 3.05) is 26.5 Å². The molecule has 2 heterocycles. The molecule has 124 valence electrons. The van der Waals surface area contributed by atoms with Gasteiger partial charge in [-0.05, 0) is 31.0 Å². The van der Waals surface area contributed by atoms with Crippen molar-refractivity contribution in [3.05, 3.63) is 24.5 Å². The number of likely N-dealkylation sites (tertiary alicyclic amines) is 1. The number of fused-ring (bicyclic) bond motifs is 1. The Morgan fingerprint density at radius 3 is 2.61 bits per heavy atom. The van der Waals surface area contributed by atoms with Crippen molar-refractivity contribution in [1.82, 2.24) is 14.5 Å². The summed E-state index contributed by atoms with van der Waals surface area (Å²) in [5.41, 5.74) is 1.58. The van der Waals surface area contributed by atoms with E-state index < -0.39 is 9.84 Å². The number of aromatic nitrogens is 2. The fourth-order valence-corrected chi connectivity index (χ4v) is 3.63. The molecule has 0 unspecified atom stereocenters. The fraction of sp³-hybridized carbons (Fsp3) is 0.467. The van der Waals surface area contributed by atoms with Crippen LogP contribution in [0.15, 0.2) is 29.4 Å². The van der Waals surface area contributed by atoms with Gasteiger partial charge in [-0.25, -0.2) is 18.2 Å². The van der Waals surface area contributed by atoms with Crippen LogP contribution in [0.1, 0.15) is 18.9 Å². The lowest BCUT2D eigenvalue weighted by atomic mass is 10.1. The molecule has 7 nitrogen and oxygen atoms in total. The van der Waals surface area contributed by atoms with E-state index in [1.54, 1.807) is 29.4 Å². The summed E-state index contributed by atoms with van der Waals surface area (Å²) in [6.07, 6.45) is 4.27. The number of carbonyl (C=O) groups is 1. The Morgan fingerprint density at radius 2 is 2.00 bits per heavy atom. The maximum absolute atomic E-state index is 11.6. The predicted molar refractivity (Wildman–Crippen MR) is 85.1 cm³/mol. The molecule has 2 aromatic rings. The number of nitrogens with zero attached hydrogens (tertiary/aromatic N) is 3. The van der Waals surface area contributed by atoms with Crippen LogP contribution in [0.5, 0.6) is 0 Å². The lowest BCUT2D eigenvalue weighted by Crippen LogP contribution is -2.38. The number of ether oxygens (including phenoxy) is 1. The highest BCUT2D eigenvalue weighted by Crippen LogP contribution is 2.27. The van der Waals surface area contributed by atoms with Crippen molar-refractivity contribution < 1.29 is 17.9 Å². The number of hydrogen-bond donors (Lipinski definition) is 0. The van der Waals surface area contributed by atoms with Crippen molar-refractivity contribution in [2.45, 2.75) is 23.8 Å². The van der Waals surface area contributed by atoms with Crippen molar-refractivity contribution in [1.29, 1.82) is 0 Å². The Morgan fingerprint density at radius 1 is 1.30 bits per heavy atom. The van der Waals surface area contributed by atoms with E-state index >= 15 is 0 Å². The van der Waals surface area contributed by atoms with Gasteiger partial charge in [0.2, 0.25) is 0 Å². The molecule has 8 heteroatoms. The third-order valence-electron chi connectivity index (χ3n) is 4.27. The summed E-state index contributed by atoms with van der Waals surface area (Å²) in [7, 11) is -1.85. The monoisotopic (exact) mass is 337 g/mol. The summed E-state index contributed by atoms with van der Waals surface area (Å²) < 4.78 is 30.1. The highest BCUT2D eigenvalue weighted by molar-refractivity contribution is 7.90. The Bertz CT molecular complexity index is 836. The molecule has 1 aliphatic heterocycles. The topological polar surface area (TPSA) is 81.5 Å². The minimum absolute atomic E-state index is 0.241. The van der Waals surface area contributed by atoms with E-state index in [2.05, 4.69) is 9.55 Å². The molecule has 1 aromatic heterocycles. The Labute approximate surface area is 134 Å². The lowest BCUT2D eigenvalue weighted by molar-refractivity contribution is 0.107. The van der Waals surface area contributed by atoms with Gasteiger partial charge in [-0.15, -0.1) is 0 Å². The molecule has 1 amide bonds. The van der Waals surface area contributed by atoms with Gasteiger partial charge in [0.1, 0.15) is 0 Å². The van der Waals surface area contributed by atoms with Crippen LogP contribution >= 0.6 is 0 Å². The van der Waals surface area contributed by atoms with Gasteiger partial charge < -0.3 is 14.2 Å². The molecule has 0 aliphatic carbocycles. The highest BCUT2D eigenvalue weighted by atomic mass is 32.2. The maximum Gasteiger partial charge on any atom is 0.409 e. The summed E-state index contributed by atoms with van der Waals surface area (Å²) in [5, 5.41) is 0. The summed E-state index contributed by atoms with van der Waals surface area (Å²) in [6, 6.07) is 5.25. The molecule has 0 N–H and O–H groups in total. The third kappa shape index (κ3) is 3.03. The number of piperidine rings is 1. The zero-order valence-electron chi connectivity index (χ0n) is 13.1. The second kappa shape index (κ2) is 5.84. The molecule has 1 fully saturated rings. The van der Waals surface area contributed by atoms with Crippen molar-refractivity contribution in [2.24, 2.45) is 0 Å². The van der Waals surface area contributed by atoms with E-state index in [1.807, 2.05) is 0 Å². The number of benzene rings is 1. The minimum Gasteiger partial charge on any atom is -0.453 e. The second-order valence-corrected chi connectivity index (χ2v) is 7.78. The first kappa shape index (κ1) is 15.8. The van der Waals surface area contributed by atoms with Crippen LogP contribution in [-0.4, -0.2) is 55.4 Å². The van der Waals surface area contributed by atoms with Gasteiger partial charge in [-0.3, -0.25) is 0 Å². The molecule has 1 aromatic carbocycles. The summed E-state index contributed by atoms with van der Waals surface area (Å²) in [6.45, 7) is 1.27. The van der Waals surface area contributed by atoms with Crippen LogP contribution in [0.3, 0.4) is 0 Å². The first-order valence-corrected chi connectivity index (χ1v) is 9.29. The molecule has 1 aliphatic rings. The molecule has 3 rings (SSSR count). The normalized spacial score (nSPS) is 16.7. The number of hydrogen-bond acceptors (Lipinski definition) is 5. The Balaban J connectivity index is 1.83. The SMILES string of the molecule is COC(=O)N1CCC(n2cnc3cc(S(C)(=O)=O)ccc32)CC1. The van der Waals surface area contributed by atoms with Crippen LogP contribution in [0.25, 0.3) is 11.0 Å². The average molecular weight is 337 g/mol. The summed E-state index contributed by atoms with van der Waals surface area (Å²) >= 11 is 0. The van der Waals surface area contributed by atoms with Gasteiger partial charge in [0.25, 0.3) is 0 Å². The van der Waals surface area contributed by atoms with Crippen LogP contribution in [0, 0.1) is 0 Å². The highest BCUT2D eigenvalue weighted by Gasteiger charge is 2.25. The predicted octanol–water partition coefficient (Wildman–Crippen LogP) is 1.84. The molecule has 23 heavy (non-hydrogen) atoms. The van der Waals surface area contributed by atoms with E-state index in [0.717, 1.165) is 18.4 Å². The molecule has 0 bridgehead atoms. The van der Waals surface area contributed by atoms with E-state index in [0.29, 0.717) is 18.6 Å². The van der Waals surface area contributed by atoms with Crippen LogP contribution < -0.4 is 0 Å². The fourth-order valence-electron chi connectivity index (χ4n) is 2.99. The molecule has 0 spiro atoms. The standard InChI is InChI=1S/C15H19N3O4S/c1-22-15(19)17-7-5-11(6-8-17)18-10-16-13-9-12(23(2,20)21)3-4-14(13)18/h3-4,9-11H,5-8H2,1-2H3. The molecule has 1 saturated heterocycles. The van der Waals surface area contributed by atoms with Crippen molar-refractivity contribution in [3.63, 3.8) is 0 Å². The number of methoxy groups -OCH3 is 1. The molecular formula is C15H19N3O4S. The Kier molecular flexibility index (Phi) is 4.01. The Hall–Kier alpha value is -2.09. The largest absolute Gasteiger partial charge is 0.453 e. The number of rotatable bonds is 2. The average Bonchev–Trinajstić information content (AvgIpc) is 2.96. The van der Waals surface area contributed by atoms with Gasteiger partial charge in [0.15, 0.2) is 9.84 Å². The van der Waals surface area contributed by atoms with E-state index in [-0.39, 0.29) is 17.0 Å². The van der Waals surface area contributed by atoms with Crippen molar-refractivity contribution in [3.8, 4) is 0 Å². The van der Waals surface area contributed by atoms with Crippen molar-refractivity contribution >= 4 is 27.0 Å². The van der Waals surface area contributed by atoms with Crippen LogP contribution in [0.2, 0.25) is 0 Å². The zero-order valence-corrected chi connectivity index (χ0v) is 13.9. The zero-order chi connectivity index (χ0) is 16.6. The van der Waals surface area contributed by atoms with Gasteiger partial charge in [-0.2, -0.15) is 0 Å². The number of amides is 1. The maximum atomic E-state index is 11.6. The first-order chi connectivity index (χ1) is 10.9.